The smallest absolute Gasteiger partial charge is 0.275 e. The fourth-order valence-corrected chi connectivity index (χ4v) is 3.03. The summed E-state index contributed by atoms with van der Waals surface area (Å²) < 4.78 is 4.94. The average molecular weight is 364 g/mol. The van der Waals surface area contributed by atoms with Crippen LogP contribution in [-0.2, 0) is 0 Å². The lowest BCUT2D eigenvalue weighted by atomic mass is 10.2. The lowest BCUT2D eigenvalue weighted by Crippen LogP contribution is -2.17. The molecule has 0 bridgehead atoms. The van der Waals surface area contributed by atoms with Crippen LogP contribution < -0.4 is 15.5 Å². The van der Waals surface area contributed by atoms with E-state index in [-0.39, 0.29) is 11.6 Å². The third-order valence-corrected chi connectivity index (χ3v) is 4.38. The van der Waals surface area contributed by atoms with Crippen LogP contribution in [0.1, 0.15) is 29.1 Å². The molecule has 1 saturated heterocycles. The molecule has 1 aliphatic rings. The Bertz CT molecular complexity index is 931. The highest BCUT2D eigenvalue weighted by Gasteiger charge is 2.13. The highest BCUT2D eigenvalue weighted by atomic mass is 16.5. The summed E-state index contributed by atoms with van der Waals surface area (Å²) in [5.41, 5.74) is 2.36. The van der Waals surface area contributed by atoms with Crippen molar-refractivity contribution in [3.63, 3.8) is 0 Å². The van der Waals surface area contributed by atoms with Gasteiger partial charge in [0.1, 0.15) is 23.6 Å². The van der Waals surface area contributed by atoms with E-state index in [4.69, 9.17) is 4.52 Å². The summed E-state index contributed by atoms with van der Waals surface area (Å²) in [5.74, 6) is 1.13. The van der Waals surface area contributed by atoms with E-state index in [1.54, 1.807) is 19.1 Å². The molecule has 0 spiro atoms. The number of nitrogens with one attached hydrogen (secondary N) is 2. The molecule has 0 aliphatic carbocycles. The minimum Gasteiger partial charge on any atom is -0.372 e. The van der Waals surface area contributed by atoms with E-state index in [2.05, 4.69) is 42.8 Å². The van der Waals surface area contributed by atoms with Gasteiger partial charge in [0, 0.05) is 36.6 Å². The van der Waals surface area contributed by atoms with E-state index in [0.29, 0.717) is 17.4 Å². The van der Waals surface area contributed by atoms with Crippen molar-refractivity contribution in [2.75, 3.05) is 28.6 Å². The molecule has 0 atom stereocenters. The number of carbonyl (C=O) groups is 1. The molecule has 3 aromatic rings. The summed E-state index contributed by atoms with van der Waals surface area (Å²) in [6.07, 6.45) is 3.85. The summed E-state index contributed by atoms with van der Waals surface area (Å²) in [6, 6.07) is 11.4. The molecule has 0 unspecified atom stereocenters. The quantitative estimate of drug-likeness (QED) is 0.716. The topological polar surface area (TPSA) is 96.2 Å². The van der Waals surface area contributed by atoms with Gasteiger partial charge in [-0.2, -0.15) is 0 Å². The summed E-state index contributed by atoms with van der Waals surface area (Å²) in [5, 5.41) is 9.58. The van der Waals surface area contributed by atoms with Gasteiger partial charge in [-0.05, 0) is 44.0 Å². The van der Waals surface area contributed by atoms with E-state index < -0.39 is 0 Å². The second-order valence-electron chi connectivity index (χ2n) is 6.43. The first-order chi connectivity index (χ1) is 13.2. The van der Waals surface area contributed by atoms with E-state index >= 15 is 0 Å². The predicted molar refractivity (Wildman–Crippen MR) is 102 cm³/mol. The van der Waals surface area contributed by atoms with E-state index in [9.17, 15) is 4.79 Å². The number of aromatic nitrogens is 3. The van der Waals surface area contributed by atoms with Crippen molar-refractivity contribution in [2.45, 2.75) is 19.8 Å². The molecule has 138 valence electrons. The standard InChI is InChI=1S/C19H20N6O2/c1-13-10-18(24-27-13)23-19(26)16-11-17(21-12-20-16)22-14-4-6-15(7-5-14)25-8-2-3-9-25/h4-7,10-12H,2-3,8-9H2,1H3,(H,20,21,22)(H,23,24,26). The maximum atomic E-state index is 12.3. The molecule has 8 heteroatoms. The number of hydrogen-bond donors (Lipinski definition) is 2. The van der Waals surface area contributed by atoms with E-state index in [0.717, 1.165) is 18.8 Å². The molecular formula is C19H20N6O2. The van der Waals surface area contributed by atoms with Crippen LogP contribution in [-0.4, -0.2) is 34.1 Å². The molecule has 8 nitrogen and oxygen atoms in total. The number of carbonyl (C=O) groups excluding carboxylic acids is 1. The lowest BCUT2D eigenvalue weighted by molar-refractivity contribution is 0.102. The zero-order valence-corrected chi connectivity index (χ0v) is 15.0. The van der Waals surface area contributed by atoms with Crippen molar-refractivity contribution in [3.05, 3.63) is 54.2 Å². The zero-order valence-electron chi connectivity index (χ0n) is 15.0. The molecule has 3 heterocycles. The number of nitrogens with zero attached hydrogens (tertiary/aromatic N) is 4. The van der Waals surface area contributed by atoms with Gasteiger partial charge in [-0.25, -0.2) is 9.97 Å². The highest BCUT2D eigenvalue weighted by Crippen LogP contribution is 2.23. The Morgan fingerprint density at radius 1 is 1.07 bits per heavy atom. The van der Waals surface area contributed by atoms with Gasteiger partial charge < -0.3 is 20.1 Å². The second kappa shape index (κ2) is 7.45. The zero-order chi connectivity index (χ0) is 18.6. The van der Waals surface area contributed by atoms with Crippen LogP contribution in [0.15, 0.2) is 47.2 Å². The van der Waals surface area contributed by atoms with Gasteiger partial charge in [0.2, 0.25) is 0 Å². The fourth-order valence-electron chi connectivity index (χ4n) is 3.03. The summed E-state index contributed by atoms with van der Waals surface area (Å²) in [7, 11) is 0. The van der Waals surface area contributed by atoms with Crippen LogP contribution in [0.3, 0.4) is 0 Å². The normalized spacial score (nSPS) is 13.6. The van der Waals surface area contributed by atoms with Gasteiger partial charge in [-0.3, -0.25) is 4.79 Å². The molecule has 2 N–H and O–H groups in total. The third-order valence-electron chi connectivity index (χ3n) is 4.38. The van der Waals surface area contributed by atoms with Gasteiger partial charge in [-0.15, -0.1) is 0 Å². The highest BCUT2D eigenvalue weighted by molar-refractivity contribution is 6.02. The van der Waals surface area contributed by atoms with Gasteiger partial charge in [0.05, 0.1) is 0 Å². The first-order valence-electron chi connectivity index (χ1n) is 8.86. The Labute approximate surface area is 156 Å². The van der Waals surface area contributed by atoms with Crippen molar-refractivity contribution in [1.82, 2.24) is 15.1 Å². The fraction of sp³-hybridized carbons (Fsp3) is 0.263. The summed E-state index contributed by atoms with van der Waals surface area (Å²) in [6.45, 7) is 3.98. The van der Waals surface area contributed by atoms with Crippen LogP contribution in [0, 0.1) is 6.92 Å². The maximum absolute atomic E-state index is 12.3. The van der Waals surface area contributed by atoms with Crippen molar-refractivity contribution in [1.29, 1.82) is 0 Å². The molecular weight excluding hydrogens is 344 g/mol. The lowest BCUT2D eigenvalue weighted by Gasteiger charge is -2.17. The Kier molecular flexibility index (Phi) is 4.69. The Balaban J connectivity index is 1.43. The van der Waals surface area contributed by atoms with E-state index in [1.165, 1.54) is 24.9 Å². The van der Waals surface area contributed by atoms with Gasteiger partial charge >= 0.3 is 0 Å². The van der Waals surface area contributed by atoms with Crippen LogP contribution in [0.2, 0.25) is 0 Å². The van der Waals surface area contributed by atoms with Crippen LogP contribution >= 0.6 is 0 Å². The van der Waals surface area contributed by atoms with Crippen molar-refractivity contribution in [3.8, 4) is 0 Å². The number of aryl methyl sites for hydroxylation is 1. The van der Waals surface area contributed by atoms with Crippen molar-refractivity contribution >= 4 is 28.9 Å². The molecule has 1 aliphatic heterocycles. The number of anilines is 4. The molecule has 1 aromatic carbocycles. The van der Waals surface area contributed by atoms with Crippen LogP contribution in [0.25, 0.3) is 0 Å². The number of rotatable bonds is 5. The monoisotopic (exact) mass is 364 g/mol. The number of hydrogen-bond acceptors (Lipinski definition) is 7. The molecule has 4 rings (SSSR count). The van der Waals surface area contributed by atoms with Crippen molar-refractivity contribution in [2.24, 2.45) is 0 Å². The molecule has 2 aromatic heterocycles. The first-order valence-corrected chi connectivity index (χ1v) is 8.86. The minimum atomic E-state index is -0.377. The van der Waals surface area contributed by atoms with Gasteiger partial charge in [0.25, 0.3) is 5.91 Å². The molecule has 1 fully saturated rings. The second-order valence-corrected chi connectivity index (χ2v) is 6.43. The first kappa shape index (κ1) is 17.0. The Morgan fingerprint density at radius 3 is 2.56 bits per heavy atom. The van der Waals surface area contributed by atoms with Crippen molar-refractivity contribution < 1.29 is 9.32 Å². The Hall–Kier alpha value is -3.42. The molecule has 0 saturated carbocycles. The minimum absolute atomic E-state index is 0.238. The number of benzene rings is 1. The van der Waals surface area contributed by atoms with Gasteiger partial charge in [0.15, 0.2) is 5.82 Å². The molecule has 1 amide bonds. The maximum Gasteiger partial charge on any atom is 0.275 e. The largest absolute Gasteiger partial charge is 0.372 e. The summed E-state index contributed by atoms with van der Waals surface area (Å²) >= 11 is 0. The molecule has 27 heavy (non-hydrogen) atoms. The average Bonchev–Trinajstić information content (AvgIpc) is 3.35. The summed E-state index contributed by atoms with van der Waals surface area (Å²) in [4.78, 5) is 22.9. The van der Waals surface area contributed by atoms with Gasteiger partial charge in [-0.1, -0.05) is 5.16 Å². The van der Waals surface area contributed by atoms with Crippen LogP contribution in [0.4, 0.5) is 23.0 Å². The SMILES string of the molecule is Cc1cc(NC(=O)c2cc(Nc3ccc(N4CCCC4)cc3)ncn2)no1. The number of amides is 1. The van der Waals surface area contributed by atoms with Crippen LogP contribution in [0.5, 0.6) is 0 Å². The Morgan fingerprint density at radius 2 is 1.85 bits per heavy atom. The van der Waals surface area contributed by atoms with E-state index in [1.807, 2.05) is 12.1 Å². The predicted octanol–water partition coefficient (Wildman–Crippen LogP) is 3.37. The molecule has 0 radical (unpaired) electrons. The third kappa shape index (κ3) is 4.05.